The summed E-state index contributed by atoms with van der Waals surface area (Å²) in [5.74, 6) is 0.488. The van der Waals surface area contributed by atoms with Crippen molar-refractivity contribution in [2.75, 3.05) is 17.6 Å². The lowest BCUT2D eigenvalue weighted by Crippen LogP contribution is -2.16. The molecule has 2 rings (SSSR count). The normalized spacial score (nSPS) is 11.2. The third kappa shape index (κ3) is 3.90. The van der Waals surface area contributed by atoms with Crippen molar-refractivity contribution in [3.8, 4) is 0 Å². The Kier molecular flexibility index (Phi) is 4.34. The Hall–Kier alpha value is -1.66. The Balaban J connectivity index is 1.96. The molecule has 1 aromatic carbocycles. The molecule has 1 aromatic heterocycles. The zero-order valence-electron chi connectivity index (χ0n) is 9.95. The fourth-order valence-corrected chi connectivity index (χ4v) is 2.81. The molecule has 7 heteroatoms. The zero-order chi connectivity index (χ0) is 13.7. The van der Waals surface area contributed by atoms with Crippen molar-refractivity contribution in [3.63, 3.8) is 0 Å². The molecule has 0 unspecified atom stereocenters. The molecule has 1 N–H and O–H groups in total. The minimum atomic E-state index is -3.28. The molecule has 100 valence electrons. The van der Waals surface area contributed by atoms with Gasteiger partial charge in [-0.05, 0) is 12.1 Å². The van der Waals surface area contributed by atoms with Crippen LogP contribution in [0.2, 0.25) is 5.15 Å². The average molecular weight is 298 g/mol. The minimum absolute atomic E-state index is 0.0152. The molecule has 0 atom stereocenters. The van der Waals surface area contributed by atoms with Gasteiger partial charge >= 0.3 is 0 Å². The van der Waals surface area contributed by atoms with E-state index >= 15 is 0 Å². The van der Waals surface area contributed by atoms with Crippen molar-refractivity contribution >= 4 is 27.3 Å². The van der Waals surface area contributed by atoms with Crippen LogP contribution < -0.4 is 5.32 Å². The molecule has 2 aromatic rings. The molecule has 0 radical (unpaired) electrons. The van der Waals surface area contributed by atoms with E-state index in [-0.39, 0.29) is 12.3 Å². The molecule has 0 saturated carbocycles. The van der Waals surface area contributed by atoms with Gasteiger partial charge in [0.15, 0.2) is 9.84 Å². The number of hydrogen-bond donors (Lipinski definition) is 1. The molecule has 0 aliphatic carbocycles. The molecular weight excluding hydrogens is 286 g/mol. The number of rotatable bonds is 5. The number of sulfone groups is 1. The van der Waals surface area contributed by atoms with Crippen molar-refractivity contribution in [3.05, 3.63) is 47.9 Å². The summed E-state index contributed by atoms with van der Waals surface area (Å²) in [6, 6.07) is 9.87. The Morgan fingerprint density at radius 2 is 1.89 bits per heavy atom. The fourth-order valence-electron chi connectivity index (χ4n) is 1.49. The molecule has 0 spiro atoms. The van der Waals surface area contributed by atoms with Crippen LogP contribution in [-0.4, -0.2) is 30.7 Å². The van der Waals surface area contributed by atoms with Crippen LogP contribution in [0.5, 0.6) is 0 Å². The van der Waals surface area contributed by atoms with Gasteiger partial charge in [0.1, 0.15) is 17.3 Å². The van der Waals surface area contributed by atoms with E-state index in [0.717, 1.165) is 0 Å². The number of aromatic nitrogens is 2. The van der Waals surface area contributed by atoms with Gasteiger partial charge in [-0.25, -0.2) is 18.4 Å². The molecule has 0 aliphatic rings. The standard InChI is InChI=1S/C12H12ClN3O2S/c13-11-8-12(16-9-15-11)14-6-7-19(17,18)10-4-2-1-3-5-10/h1-5,8-9H,6-7H2,(H,14,15,16). The summed E-state index contributed by atoms with van der Waals surface area (Å²) in [7, 11) is -3.28. The van der Waals surface area contributed by atoms with E-state index in [9.17, 15) is 8.42 Å². The molecule has 0 bridgehead atoms. The van der Waals surface area contributed by atoms with Gasteiger partial charge in [-0.2, -0.15) is 0 Å². The SMILES string of the molecule is O=S(=O)(CCNc1cc(Cl)ncn1)c1ccccc1. The molecule has 1 heterocycles. The van der Waals surface area contributed by atoms with Crippen molar-refractivity contribution in [2.24, 2.45) is 0 Å². The largest absolute Gasteiger partial charge is 0.369 e. The Morgan fingerprint density at radius 3 is 2.58 bits per heavy atom. The second-order valence-corrected chi connectivity index (χ2v) is 6.28. The third-order valence-corrected chi connectivity index (χ3v) is 4.35. The predicted molar refractivity (Wildman–Crippen MR) is 74.0 cm³/mol. The van der Waals surface area contributed by atoms with Crippen LogP contribution >= 0.6 is 11.6 Å². The van der Waals surface area contributed by atoms with E-state index in [1.165, 1.54) is 12.4 Å². The van der Waals surface area contributed by atoms with Crippen molar-refractivity contribution in [2.45, 2.75) is 4.90 Å². The summed E-state index contributed by atoms with van der Waals surface area (Å²) in [6.07, 6.45) is 1.32. The lowest BCUT2D eigenvalue weighted by atomic mass is 10.4. The number of nitrogens with zero attached hydrogens (tertiary/aromatic N) is 2. The van der Waals surface area contributed by atoms with E-state index in [0.29, 0.717) is 15.9 Å². The average Bonchev–Trinajstić information content (AvgIpc) is 2.40. The molecule has 0 saturated heterocycles. The lowest BCUT2D eigenvalue weighted by molar-refractivity contribution is 0.596. The van der Waals surface area contributed by atoms with Gasteiger partial charge in [0, 0.05) is 12.6 Å². The van der Waals surface area contributed by atoms with Crippen molar-refractivity contribution in [1.29, 1.82) is 0 Å². The highest BCUT2D eigenvalue weighted by Gasteiger charge is 2.13. The first-order valence-electron chi connectivity index (χ1n) is 5.57. The first-order chi connectivity index (χ1) is 9.08. The van der Waals surface area contributed by atoms with Crippen LogP contribution in [0.1, 0.15) is 0 Å². The second kappa shape index (κ2) is 5.99. The maximum Gasteiger partial charge on any atom is 0.180 e. The van der Waals surface area contributed by atoms with Crippen LogP contribution in [0.3, 0.4) is 0 Å². The first kappa shape index (κ1) is 13.8. The monoisotopic (exact) mass is 297 g/mol. The van der Waals surface area contributed by atoms with E-state index in [1.807, 2.05) is 0 Å². The smallest absolute Gasteiger partial charge is 0.180 e. The summed E-state index contributed by atoms with van der Waals surface area (Å²) in [5.41, 5.74) is 0. The van der Waals surface area contributed by atoms with Gasteiger partial charge in [0.25, 0.3) is 0 Å². The summed E-state index contributed by atoms with van der Waals surface area (Å²) < 4.78 is 24.0. The zero-order valence-corrected chi connectivity index (χ0v) is 11.5. The predicted octanol–water partition coefficient (Wildman–Crippen LogP) is 2.02. The van der Waals surface area contributed by atoms with Gasteiger partial charge in [0.2, 0.25) is 0 Å². The van der Waals surface area contributed by atoms with Crippen LogP contribution in [0.4, 0.5) is 5.82 Å². The molecule has 0 aliphatic heterocycles. The molecule has 0 amide bonds. The molecule has 0 fully saturated rings. The number of benzene rings is 1. The van der Waals surface area contributed by atoms with E-state index < -0.39 is 9.84 Å². The van der Waals surface area contributed by atoms with E-state index in [4.69, 9.17) is 11.6 Å². The van der Waals surface area contributed by atoms with Crippen LogP contribution in [-0.2, 0) is 9.84 Å². The van der Waals surface area contributed by atoms with Gasteiger partial charge in [-0.15, -0.1) is 0 Å². The number of hydrogen-bond acceptors (Lipinski definition) is 5. The number of anilines is 1. The maximum absolute atomic E-state index is 12.0. The summed E-state index contributed by atoms with van der Waals surface area (Å²) >= 11 is 5.70. The van der Waals surface area contributed by atoms with Gasteiger partial charge in [0.05, 0.1) is 10.6 Å². The topological polar surface area (TPSA) is 72.0 Å². The summed E-state index contributed by atoms with van der Waals surface area (Å²) in [5, 5.41) is 3.21. The van der Waals surface area contributed by atoms with Crippen molar-refractivity contribution in [1.82, 2.24) is 9.97 Å². The minimum Gasteiger partial charge on any atom is -0.369 e. The number of halogens is 1. The first-order valence-corrected chi connectivity index (χ1v) is 7.60. The van der Waals surface area contributed by atoms with Gasteiger partial charge < -0.3 is 5.32 Å². The van der Waals surface area contributed by atoms with Gasteiger partial charge in [-0.3, -0.25) is 0 Å². The fraction of sp³-hybridized carbons (Fsp3) is 0.167. The van der Waals surface area contributed by atoms with E-state index in [1.54, 1.807) is 30.3 Å². The third-order valence-electron chi connectivity index (χ3n) is 2.41. The molecule has 5 nitrogen and oxygen atoms in total. The Morgan fingerprint density at radius 1 is 1.16 bits per heavy atom. The second-order valence-electron chi connectivity index (χ2n) is 3.78. The van der Waals surface area contributed by atoms with Crippen LogP contribution in [0.25, 0.3) is 0 Å². The summed E-state index contributed by atoms with van der Waals surface area (Å²) in [4.78, 5) is 7.99. The lowest BCUT2D eigenvalue weighted by Gasteiger charge is -2.06. The maximum atomic E-state index is 12.0. The quantitative estimate of drug-likeness (QED) is 0.855. The summed E-state index contributed by atoms with van der Waals surface area (Å²) in [6.45, 7) is 0.255. The Labute approximate surface area is 116 Å². The highest BCUT2D eigenvalue weighted by Crippen LogP contribution is 2.11. The van der Waals surface area contributed by atoms with Crippen LogP contribution in [0.15, 0.2) is 47.6 Å². The highest BCUT2D eigenvalue weighted by atomic mass is 35.5. The Bertz CT molecular complexity index is 647. The van der Waals surface area contributed by atoms with Crippen LogP contribution in [0, 0.1) is 0 Å². The van der Waals surface area contributed by atoms with Gasteiger partial charge in [-0.1, -0.05) is 29.8 Å². The number of nitrogens with one attached hydrogen (secondary N) is 1. The molecule has 19 heavy (non-hydrogen) atoms. The van der Waals surface area contributed by atoms with E-state index in [2.05, 4.69) is 15.3 Å². The van der Waals surface area contributed by atoms with Crippen molar-refractivity contribution < 1.29 is 8.42 Å². The highest BCUT2D eigenvalue weighted by molar-refractivity contribution is 7.91. The molecular formula is C12H12ClN3O2S.